The largest absolute Gasteiger partial charge is 0.457 e. The fourth-order valence-corrected chi connectivity index (χ4v) is 3.97. The fourth-order valence-electron chi connectivity index (χ4n) is 3.97. The van der Waals surface area contributed by atoms with Gasteiger partial charge in [0.2, 0.25) is 0 Å². The molecular formula is C33H17N5O2. The van der Waals surface area contributed by atoms with E-state index in [-0.39, 0.29) is 11.1 Å². The Morgan fingerprint density at radius 1 is 0.425 bits per heavy atom. The molecular weight excluding hydrogens is 498 g/mol. The van der Waals surface area contributed by atoms with Crippen LogP contribution < -0.4 is 9.47 Å². The molecule has 0 aliphatic rings. The Morgan fingerprint density at radius 3 is 1.18 bits per heavy atom. The number of benzene rings is 4. The molecule has 5 rings (SSSR count). The van der Waals surface area contributed by atoms with Gasteiger partial charge < -0.3 is 9.47 Å². The summed E-state index contributed by atoms with van der Waals surface area (Å²) in [6.45, 7) is 0. The van der Waals surface area contributed by atoms with Gasteiger partial charge in [-0.3, -0.25) is 0 Å². The highest BCUT2D eigenvalue weighted by Crippen LogP contribution is 2.30. The smallest absolute Gasteiger partial charge is 0.128 e. The summed E-state index contributed by atoms with van der Waals surface area (Å²) < 4.78 is 11.7. The molecule has 0 saturated carbocycles. The van der Waals surface area contributed by atoms with E-state index in [1.54, 1.807) is 36.4 Å². The van der Waals surface area contributed by atoms with Crippen LogP contribution in [0.1, 0.15) is 22.3 Å². The molecule has 0 aliphatic heterocycles. The second-order valence-electron chi connectivity index (χ2n) is 8.52. The minimum Gasteiger partial charge on any atom is -0.457 e. The first-order chi connectivity index (χ1) is 19.6. The summed E-state index contributed by atoms with van der Waals surface area (Å²) in [6.07, 6.45) is 0. The number of aromatic nitrogens is 1. The zero-order chi connectivity index (χ0) is 27.9. The molecule has 7 heteroatoms. The van der Waals surface area contributed by atoms with Crippen molar-refractivity contribution < 1.29 is 9.47 Å². The number of nitrogens with zero attached hydrogens (tertiary/aromatic N) is 5. The van der Waals surface area contributed by atoms with Crippen LogP contribution in [0.2, 0.25) is 0 Å². The lowest BCUT2D eigenvalue weighted by molar-refractivity contribution is 0.482. The van der Waals surface area contributed by atoms with Crippen LogP contribution in [-0.2, 0) is 0 Å². The van der Waals surface area contributed by atoms with Crippen LogP contribution in [-0.4, -0.2) is 4.98 Å². The third kappa shape index (κ3) is 5.46. The SMILES string of the molecule is N#Cc1ccc(Oc2ccc(-c3cccc(-c4ccc(Oc5ccc(C#N)c(C#N)c5)cc4)n3)cc2)cc1C#N. The average molecular weight is 516 g/mol. The minimum atomic E-state index is 0.264. The standard InChI is InChI=1S/C33H17N5O2/c34-18-24-8-14-30(16-26(24)20-36)39-28-10-4-22(5-11-28)32-2-1-3-33(38-32)23-6-12-29(13-7-23)40-31-15-9-25(19-35)27(17-31)21-37/h1-17H. The van der Waals surface area contributed by atoms with Crippen molar-refractivity contribution in [3.63, 3.8) is 0 Å². The molecule has 5 aromatic rings. The van der Waals surface area contributed by atoms with Gasteiger partial charge in [-0.15, -0.1) is 0 Å². The predicted molar refractivity (Wildman–Crippen MR) is 147 cm³/mol. The zero-order valence-corrected chi connectivity index (χ0v) is 20.9. The Morgan fingerprint density at radius 2 is 0.800 bits per heavy atom. The number of hydrogen-bond acceptors (Lipinski definition) is 7. The van der Waals surface area contributed by atoms with E-state index in [2.05, 4.69) is 0 Å². The summed E-state index contributed by atoms with van der Waals surface area (Å²) in [7, 11) is 0. The van der Waals surface area contributed by atoms with Crippen LogP contribution in [0.4, 0.5) is 0 Å². The lowest BCUT2D eigenvalue weighted by Gasteiger charge is -2.09. The quantitative estimate of drug-likeness (QED) is 0.229. The first-order valence-corrected chi connectivity index (χ1v) is 12.0. The van der Waals surface area contributed by atoms with Gasteiger partial charge in [0.05, 0.1) is 33.6 Å². The summed E-state index contributed by atoms with van der Waals surface area (Å²) in [4.78, 5) is 4.81. The second-order valence-corrected chi connectivity index (χ2v) is 8.52. The Kier molecular flexibility index (Phi) is 7.15. The molecule has 0 unspecified atom stereocenters. The molecule has 0 fully saturated rings. The van der Waals surface area contributed by atoms with Crippen LogP contribution in [0.25, 0.3) is 22.5 Å². The number of pyridine rings is 1. The van der Waals surface area contributed by atoms with Gasteiger partial charge in [0.1, 0.15) is 47.3 Å². The Hall–Kier alpha value is -6.41. The maximum absolute atomic E-state index is 9.23. The Bertz CT molecular complexity index is 1750. The van der Waals surface area contributed by atoms with Crippen molar-refractivity contribution in [2.45, 2.75) is 0 Å². The van der Waals surface area contributed by atoms with E-state index < -0.39 is 0 Å². The molecule has 4 aromatic carbocycles. The van der Waals surface area contributed by atoms with E-state index >= 15 is 0 Å². The lowest BCUT2D eigenvalue weighted by atomic mass is 10.1. The molecule has 0 bridgehead atoms. The average Bonchev–Trinajstić information content (AvgIpc) is 3.01. The molecule has 40 heavy (non-hydrogen) atoms. The van der Waals surface area contributed by atoms with Crippen molar-refractivity contribution >= 4 is 0 Å². The van der Waals surface area contributed by atoms with Gasteiger partial charge in [-0.2, -0.15) is 21.0 Å². The molecule has 0 radical (unpaired) electrons. The van der Waals surface area contributed by atoms with Crippen LogP contribution in [0, 0.1) is 45.3 Å². The molecule has 0 spiro atoms. The monoisotopic (exact) mass is 515 g/mol. The van der Waals surface area contributed by atoms with Crippen LogP contribution in [0.3, 0.4) is 0 Å². The number of ether oxygens (including phenoxy) is 2. The highest BCUT2D eigenvalue weighted by molar-refractivity contribution is 5.67. The maximum Gasteiger partial charge on any atom is 0.128 e. The van der Waals surface area contributed by atoms with Gasteiger partial charge in [-0.05, 0) is 97.1 Å². The summed E-state index contributed by atoms with van der Waals surface area (Å²) in [6, 6.07) is 38.2. The zero-order valence-electron chi connectivity index (χ0n) is 20.9. The van der Waals surface area contributed by atoms with E-state index in [4.69, 9.17) is 25.0 Å². The van der Waals surface area contributed by atoms with E-state index in [1.165, 1.54) is 0 Å². The molecule has 1 aromatic heterocycles. The summed E-state index contributed by atoms with van der Waals surface area (Å²) in [5, 5.41) is 36.6. The van der Waals surface area contributed by atoms with Crippen molar-refractivity contribution in [1.29, 1.82) is 21.0 Å². The van der Waals surface area contributed by atoms with Crippen molar-refractivity contribution in [2.24, 2.45) is 0 Å². The fraction of sp³-hybridized carbons (Fsp3) is 0. The van der Waals surface area contributed by atoms with Crippen LogP contribution in [0.15, 0.2) is 103 Å². The van der Waals surface area contributed by atoms with Crippen molar-refractivity contribution in [2.75, 3.05) is 0 Å². The highest BCUT2D eigenvalue weighted by Gasteiger charge is 2.08. The molecule has 0 amide bonds. The van der Waals surface area contributed by atoms with Crippen LogP contribution in [0.5, 0.6) is 23.0 Å². The molecule has 186 valence electrons. The van der Waals surface area contributed by atoms with E-state index in [1.807, 2.05) is 91.0 Å². The molecule has 0 atom stereocenters. The predicted octanol–water partition coefficient (Wildman–Crippen LogP) is 7.49. The van der Waals surface area contributed by atoms with Crippen LogP contribution >= 0.6 is 0 Å². The van der Waals surface area contributed by atoms with E-state index in [0.29, 0.717) is 34.1 Å². The number of hydrogen-bond donors (Lipinski definition) is 0. The van der Waals surface area contributed by atoms with Gasteiger partial charge in [-0.1, -0.05) is 6.07 Å². The van der Waals surface area contributed by atoms with E-state index in [9.17, 15) is 10.5 Å². The van der Waals surface area contributed by atoms with Gasteiger partial charge in [0, 0.05) is 11.1 Å². The Labute approximate surface area is 230 Å². The molecule has 7 nitrogen and oxygen atoms in total. The third-order valence-electron chi connectivity index (χ3n) is 5.98. The maximum atomic E-state index is 9.23. The number of nitriles is 4. The summed E-state index contributed by atoms with van der Waals surface area (Å²) in [5.74, 6) is 2.13. The van der Waals surface area contributed by atoms with E-state index in [0.717, 1.165) is 22.5 Å². The summed E-state index contributed by atoms with van der Waals surface area (Å²) >= 11 is 0. The normalized spacial score (nSPS) is 9.90. The lowest BCUT2D eigenvalue weighted by Crippen LogP contribution is -1.91. The third-order valence-corrected chi connectivity index (χ3v) is 5.98. The second kappa shape index (κ2) is 11.3. The first-order valence-electron chi connectivity index (χ1n) is 12.0. The topological polar surface area (TPSA) is 127 Å². The molecule has 0 saturated heterocycles. The van der Waals surface area contributed by atoms with Crippen molar-refractivity contribution in [3.8, 4) is 69.8 Å². The van der Waals surface area contributed by atoms with Crippen molar-refractivity contribution in [3.05, 3.63) is 125 Å². The molecule has 1 heterocycles. The molecule has 0 aliphatic carbocycles. The highest BCUT2D eigenvalue weighted by atomic mass is 16.5. The van der Waals surface area contributed by atoms with Gasteiger partial charge in [-0.25, -0.2) is 4.98 Å². The summed E-state index contributed by atoms with van der Waals surface area (Å²) in [5.41, 5.74) is 4.52. The first kappa shape index (κ1) is 25.2. The minimum absolute atomic E-state index is 0.264. The van der Waals surface area contributed by atoms with Crippen molar-refractivity contribution in [1.82, 2.24) is 4.98 Å². The van der Waals surface area contributed by atoms with Gasteiger partial charge in [0.15, 0.2) is 0 Å². The number of rotatable bonds is 6. The van der Waals surface area contributed by atoms with Gasteiger partial charge in [0.25, 0.3) is 0 Å². The van der Waals surface area contributed by atoms with Gasteiger partial charge >= 0.3 is 0 Å². The Balaban J connectivity index is 1.30. The molecule has 0 N–H and O–H groups in total.